The van der Waals surface area contributed by atoms with Crippen molar-refractivity contribution < 1.29 is 18.4 Å². The zero-order chi connectivity index (χ0) is 19.3. The second-order valence-electron chi connectivity index (χ2n) is 6.70. The molecule has 2 aromatic heterocycles. The van der Waals surface area contributed by atoms with Crippen LogP contribution in [0.5, 0.6) is 5.75 Å². The van der Waals surface area contributed by atoms with Gasteiger partial charge in [-0.2, -0.15) is 0 Å². The van der Waals surface area contributed by atoms with Gasteiger partial charge in [-0.05, 0) is 29.8 Å². The van der Waals surface area contributed by atoms with Crippen LogP contribution in [-0.4, -0.2) is 52.1 Å². The maximum atomic E-state index is 12.3. The molecule has 0 saturated carbocycles. The van der Waals surface area contributed by atoms with E-state index in [1.165, 1.54) is 6.26 Å². The molecule has 8 heteroatoms. The van der Waals surface area contributed by atoms with Gasteiger partial charge >= 0.3 is 0 Å². The standard InChI is InChI=1S/C20H22N4O4/c1-15-21-22-19(28-15)14-27-17-5-2-4-16(12-17)13-23-7-9-24(10-8-23)20(25)18-6-3-11-26-18/h2-6,11-12H,7-10,13-14H2,1H3. The molecule has 1 saturated heterocycles. The summed E-state index contributed by atoms with van der Waals surface area (Å²) in [5.74, 6) is 2.10. The molecule has 1 amide bonds. The predicted molar refractivity (Wildman–Crippen MR) is 99.7 cm³/mol. The Kier molecular flexibility index (Phi) is 5.38. The van der Waals surface area contributed by atoms with E-state index in [9.17, 15) is 4.79 Å². The summed E-state index contributed by atoms with van der Waals surface area (Å²) in [5, 5.41) is 7.72. The SMILES string of the molecule is Cc1nnc(COc2cccc(CN3CCN(C(=O)c4ccco4)CC3)c2)o1. The van der Waals surface area contributed by atoms with Crippen molar-refractivity contribution in [3.63, 3.8) is 0 Å². The fraction of sp³-hybridized carbons (Fsp3) is 0.350. The van der Waals surface area contributed by atoms with Gasteiger partial charge in [0.05, 0.1) is 6.26 Å². The lowest BCUT2D eigenvalue weighted by molar-refractivity contribution is 0.0597. The van der Waals surface area contributed by atoms with E-state index in [-0.39, 0.29) is 12.5 Å². The monoisotopic (exact) mass is 382 g/mol. The van der Waals surface area contributed by atoms with E-state index in [4.69, 9.17) is 13.6 Å². The van der Waals surface area contributed by atoms with Gasteiger partial charge in [0.1, 0.15) is 5.75 Å². The molecule has 1 fully saturated rings. The first-order chi connectivity index (χ1) is 13.7. The minimum Gasteiger partial charge on any atom is -0.484 e. The first-order valence-electron chi connectivity index (χ1n) is 9.23. The molecule has 0 N–H and O–H groups in total. The van der Waals surface area contributed by atoms with Gasteiger partial charge in [0.15, 0.2) is 12.4 Å². The van der Waals surface area contributed by atoms with E-state index in [2.05, 4.69) is 21.2 Å². The fourth-order valence-corrected chi connectivity index (χ4v) is 3.20. The molecule has 1 aliphatic heterocycles. The minimum absolute atomic E-state index is 0.0451. The summed E-state index contributed by atoms with van der Waals surface area (Å²) in [5.41, 5.74) is 1.16. The number of aromatic nitrogens is 2. The van der Waals surface area contributed by atoms with Crippen LogP contribution in [0.15, 0.2) is 51.5 Å². The maximum absolute atomic E-state index is 12.3. The molecule has 3 heterocycles. The summed E-state index contributed by atoms with van der Waals surface area (Å²) >= 11 is 0. The molecule has 0 bridgehead atoms. The van der Waals surface area contributed by atoms with Crippen LogP contribution in [0.2, 0.25) is 0 Å². The molecule has 28 heavy (non-hydrogen) atoms. The van der Waals surface area contributed by atoms with Crippen molar-refractivity contribution in [2.45, 2.75) is 20.1 Å². The summed E-state index contributed by atoms with van der Waals surface area (Å²) in [4.78, 5) is 16.5. The van der Waals surface area contributed by atoms with Gasteiger partial charge in [-0.1, -0.05) is 12.1 Å². The highest BCUT2D eigenvalue weighted by Gasteiger charge is 2.23. The minimum atomic E-state index is -0.0451. The Morgan fingerprint density at radius 3 is 2.71 bits per heavy atom. The lowest BCUT2D eigenvalue weighted by Crippen LogP contribution is -2.48. The number of carbonyl (C=O) groups excluding carboxylic acids is 1. The number of aryl methyl sites for hydroxylation is 1. The Balaban J connectivity index is 1.28. The van der Waals surface area contributed by atoms with E-state index >= 15 is 0 Å². The molecule has 0 radical (unpaired) electrons. The van der Waals surface area contributed by atoms with Crippen molar-refractivity contribution in [3.05, 3.63) is 65.8 Å². The molecule has 146 valence electrons. The molecule has 0 aliphatic carbocycles. The Morgan fingerprint density at radius 1 is 1.14 bits per heavy atom. The smallest absolute Gasteiger partial charge is 0.289 e. The van der Waals surface area contributed by atoms with Gasteiger partial charge in [-0.25, -0.2) is 0 Å². The van der Waals surface area contributed by atoms with Crippen molar-refractivity contribution in [2.24, 2.45) is 0 Å². The third-order valence-electron chi connectivity index (χ3n) is 4.63. The number of hydrogen-bond acceptors (Lipinski definition) is 7. The van der Waals surface area contributed by atoms with Crippen LogP contribution in [0.3, 0.4) is 0 Å². The number of carbonyl (C=O) groups is 1. The molecular formula is C20H22N4O4. The zero-order valence-electron chi connectivity index (χ0n) is 15.7. The van der Waals surface area contributed by atoms with Gasteiger partial charge in [-0.3, -0.25) is 9.69 Å². The quantitative estimate of drug-likeness (QED) is 0.647. The third kappa shape index (κ3) is 4.40. The molecule has 0 atom stereocenters. The molecule has 0 unspecified atom stereocenters. The van der Waals surface area contributed by atoms with E-state index in [0.717, 1.165) is 30.9 Å². The molecule has 8 nitrogen and oxygen atoms in total. The van der Waals surface area contributed by atoms with Gasteiger partial charge in [0, 0.05) is 39.6 Å². The summed E-state index contributed by atoms with van der Waals surface area (Å²) in [7, 11) is 0. The molecule has 3 aromatic rings. The number of amides is 1. The molecule has 1 aliphatic rings. The summed E-state index contributed by atoms with van der Waals surface area (Å²) in [6.45, 7) is 5.81. The van der Waals surface area contributed by atoms with Crippen molar-refractivity contribution in [2.75, 3.05) is 26.2 Å². The van der Waals surface area contributed by atoms with Crippen LogP contribution in [-0.2, 0) is 13.2 Å². The molecule has 0 spiro atoms. The zero-order valence-corrected chi connectivity index (χ0v) is 15.7. The largest absolute Gasteiger partial charge is 0.484 e. The molecule has 1 aromatic carbocycles. The first-order valence-corrected chi connectivity index (χ1v) is 9.23. The average Bonchev–Trinajstić information content (AvgIpc) is 3.39. The Hall–Kier alpha value is -3.13. The number of benzene rings is 1. The van der Waals surface area contributed by atoms with E-state index in [0.29, 0.717) is 30.6 Å². The van der Waals surface area contributed by atoms with Crippen molar-refractivity contribution in [1.29, 1.82) is 0 Å². The third-order valence-corrected chi connectivity index (χ3v) is 4.63. The van der Waals surface area contributed by atoms with E-state index < -0.39 is 0 Å². The number of piperazine rings is 1. The summed E-state index contributed by atoms with van der Waals surface area (Å²) in [6.07, 6.45) is 1.53. The number of nitrogens with zero attached hydrogens (tertiary/aromatic N) is 4. The normalized spacial score (nSPS) is 15.0. The van der Waals surface area contributed by atoms with Gasteiger partial charge < -0.3 is 18.5 Å². The van der Waals surface area contributed by atoms with Gasteiger partial charge in [-0.15, -0.1) is 10.2 Å². The number of rotatable bonds is 6. The van der Waals surface area contributed by atoms with Crippen molar-refractivity contribution >= 4 is 5.91 Å². The van der Waals surface area contributed by atoms with Crippen LogP contribution < -0.4 is 4.74 Å². The summed E-state index contributed by atoms with van der Waals surface area (Å²) < 4.78 is 16.3. The number of hydrogen-bond donors (Lipinski definition) is 0. The number of ether oxygens (including phenoxy) is 1. The van der Waals surface area contributed by atoms with Gasteiger partial charge in [0.2, 0.25) is 5.89 Å². The second-order valence-corrected chi connectivity index (χ2v) is 6.70. The maximum Gasteiger partial charge on any atom is 0.289 e. The number of furan rings is 1. The van der Waals surface area contributed by atoms with E-state index in [1.807, 2.05) is 23.1 Å². The second kappa shape index (κ2) is 8.26. The summed E-state index contributed by atoms with van der Waals surface area (Å²) in [6, 6.07) is 11.4. The van der Waals surface area contributed by atoms with Crippen LogP contribution in [0.1, 0.15) is 27.9 Å². The van der Waals surface area contributed by atoms with E-state index in [1.54, 1.807) is 19.1 Å². The van der Waals surface area contributed by atoms with Gasteiger partial charge in [0.25, 0.3) is 11.8 Å². The van der Waals surface area contributed by atoms with Crippen LogP contribution in [0.4, 0.5) is 0 Å². The predicted octanol–water partition coefficient (Wildman–Crippen LogP) is 2.51. The van der Waals surface area contributed by atoms with Crippen molar-refractivity contribution in [1.82, 2.24) is 20.0 Å². The van der Waals surface area contributed by atoms with Crippen LogP contribution >= 0.6 is 0 Å². The topological polar surface area (TPSA) is 84.8 Å². The lowest BCUT2D eigenvalue weighted by atomic mass is 10.2. The lowest BCUT2D eigenvalue weighted by Gasteiger charge is -2.34. The molecular weight excluding hydrogens is 360 g/mol. The highest BCUT2D eigenvalue weighted by atomic mass is 16.5. The highest BCUT2D eigenvalue weighted by Crippen LogP contribution is 2.18. The first kappa shape index (κ1) is 18.2. The Bertz CT molecular complexity index is 914. The fourth-order valence-electron chi connectivity index (χ4n) is 3.20. The van der Waals surface area contributed by atoms with Crippen LogP contribution in [0, 0.1) is 6.92 Å². The van der Waals surface area contributed by atoms with Crippen molar-refractivity contribution in [3.8, 4) is 5.75 Å². The highest BCUT2D eigenvalue weighted by molar-refractivity contribution is 5.91. The Morgan fingerprint density at radius 2 is 2.00 bits per heavy atom. The molecule has 4 rings (SSSR count). The van der Waals surface area contributed by atoms with Crippen LogP contribution in [0.25, 0.3) is 0 Å². The Labute approximate surface area is 162 Å². The average molecular weight is 382 g/mol.